The molecule has 0 radical (unpaired) electrons. The molecule has 0 saturated carbocycles. The molecule has 3 N–H and O–H groups in total. The predicted molar refractivity (Wildman–Crippen MR) is 119 cm³/mol. The number of imidazole rings is 1. The van der Waals surface area contributed by atoms with Crippen LogP contribution in [-0.4, -0.2) is 30.9 Å². The molecule has 10 heteroatoms. The van der Waals surface area contributed by atoms with E-state index in [1.807, 2.05) is 18.2 Å². The maximum absolute atomic E-state index is 14.9. The first-order valence-electron chi connectivity index (χ1n) is 10.4. The Bertz CT molecular complexity index is 1610. The molecule has 164 valence electrons. The van der Waals surface area contributed by atoms with Crippen LogP contribution >= 0.6 is 0 Å². The maximum Gasteiger partial charge on any atom is 0.261 e. The van der Waals surface area contributed by atoms with Crippen LogP contribution in [0.25, 0.3) is 27.8 Å². The molecule has 0 amide bonds. The van der Waals surface area contributed by atoms with Crippen molar-refractivity contribution in [2.75, 3.05) is 11.9 Å². The zero-order valence-electron chi connectivity index (χ0n) is 17.2. The van der Waals surface area contributed by atoms with Gasteiger partial charge in [-0.3, -0.25) is 9.20 Å². The first-order valence-corrected chi connectivity index (χ1v) is 10.4. The van der Waals surface area contributed by atoms with Gasteiger partial charge in [0.1, 0.15) is 23.5 Å². The second-order valence-electron chi connectivity index (χ2n) is 7.88. The number of nitrogens with one attached hydrogen (secondary N) is 3. The summed E-state index contributed by atoms with van der Waals surface area (Å²) in [4.78, 5) is 27.2. The van der Waals surface area contributed by atoms with Crippen LogP contribution in [0.4, 0.5) is 20.4 Å². The number of aromatic nitrogens is 5. The number of H-pyrrole nitrogens is 1. The Balaban J connectivity index is 1.44. The van der Waals surface area contributed by atoms with E-state index in [2.05, 4.69) is 30.6 Å². The summed E-state index contributed by atoms with van der Waals surface area (Å²) in [6.07, 6.45) is 4.86. The third-order valence-corrected chi connectivity index (χ3v) is 5.80. The van der Waals surface area contributed by atoms with Gasteiger partial charge in [0.05, 0.1) is 23.3 Å². The Kier molecular flexibility index (Phi) is 4.40. The summed E-state index contributed by atoms with van der Waals surface area (Å²) in [6, 6.07) is 8.59. The molecule has 2 aromatic carbocycles. The van der Waals surface area contributed by atoms with E-state index in [9.17, 15) is 13.6 Å². The largest absolute Gasteiger partial charge is 0.324 e. The fourth-order valence-electron chi connectivity index (χ4n) is 4.22. The smallest absolute Gasteiger partial charge is 0.261 e. The normalized spacial score (nSPS) is 13.4. The van der Waals surface area contributed by atoms with Gasteiger partial charge in [0.15, 0.2) is 5.82 Å². The van der Waals surface area contributed by atoms with E-state index in [-0.39, 0.29) is 28.1 Å². The van der Waals surface area contributed by atoms with E-state index >= 15 is 0 Å². The minimum absolute atomic E-state index is 0.0796. The SMILES string of the molecule is O=c1[nH]c2cncn2c2cc(-c3nc(Nc4ccc5c(c4)CCNC5)ncc3F)cc(F)c12. The van der Waals surface area contributed by atoms with E-state index in [4.69, 9.17) is 0 Å². The van der Waals surface area contributed by atoms with E-state index in [1.165, 1.54) is 34.1 Å². The number of hydrogen-bond acceptors (Lipinski definition) is 6. The zero-order valence-corrected chi connectivity index (χ0v) is 17.2. The van der Waals surface area contributed by atoms with Gasteiger partial charge in [-0.05, 0) is 48.4 Å². The molecular formula is C23H17F2N7O. The van der Waals surface area contributed by atoms with Crippen LogP contribution < -0.4 is 16.2 Å². The number of nitrogens with zero attached hydrogens (tertiary/aromatic N) is 4. The number of anilines is 2. The number of fused-ring (bicyclic) bond motifs is 4. The lowest BCUT2D eigenvalue weighted by atomic mass is 10.0. The Morgan fingerprint density at radius 1 is 1.06 bits per heavy atom. The van der Waals surface area contributed by atoms with Crippen molar-refractivity contribution in [1.29, 1.82) is 0 Å². The lowest BCUT2D eigenvalue weighted by Gasteiger charge is -2.18. The molecular weight excluding hydrogens is 428 g/mol. The highest BCUT2D eigenvalue weighted by molar-refractivity contribution is 5.86. The standard InChI is InChI=1S/C23H17F2N7O/c24-16-6-14(7-18-20(16)22(33)30-19-10-27-11-32(18)19)21-17(25)9-28-23(31-21)29-15-2-1-13-8-26-4-3-12(13)5-15/h1-2,5-7,9-11,26H,3-4,8H2,(H,30,33)(H,28,29,31). The highest BCUT2D eigenvalue weighted by atomic mass is 19.1. The van der Waals surface area contributed by atoms with E-state index < -0.39 is 17.2 Å². The van der Waals surface area contributed by atoms with Gasteiger partial charge in [-0.25, -0.2) is 23.7 Å². The Labute approximate surface area is 185 Å². The first-order chi connectivity index (χ1) is 16.1. The second-order valence-corrected chi connectivity index (χ2v) is 7.88. The number of halogens is 2. The first kappa shape index (κ1) is 19.5. The fraction of sp³-hybridized carbons (Fsp3) is 0.130. The highest BCUT2D eigenvalue weighted by Crippen LogP contribution is 2.28. The van der Waals surface area contributed by atoms with Crippen molar-refractivity contribution in [1.82, 2.24) is 29.7 Å². The average Bonchev–Trinajstić information content (AvgIpc) is 3.28. The number of aromatic amines is 1. The Hall–Kier alpha value is -4.18. The van der Waals surface area contributed by atoms with Crippen LogP contribution in [0.1, 0.15) is 11.1 Å². The summed E-state index contributed by atoms with van der Waals surface area (Å²) in [5.41, 5.74) is 3.42. The van der Waals surface area contributed by atoms with Gasteiger partial charge in [-0.15, -0.1) is 0 Å². The van der Waals surface area contributed by atoms with Crippen molar-refractivity contribution in [2.45, 2.75) is 13.0 Å². The number of rotatable bonds is 3. The Morgan fingerprint density at radius 3 is 2.88 bits per heavy atom. The molecule has 4 heterocycles. The van der Waals surface area contributed by atoms with Crippen molar-refractivity contribution in [3.8, 4) is 11.3 Å². The van der Waals surface area contributed by atoms with Gasteiger partial charge in [0.25, 0.3) is 5.56 Å². The average molecular weight is 445 g/mol. The quantitative estimate of drug-likeness (QED) is 0.394. The molecule has 0 aliphatic carbocycles. The molecule has 1 aliphatic heterocycles. The maximum atomic E-state index is 14.9. The third-order valence-electron chi connectivity index (χ3n) is 5.80. The molecule has 8 nitrogen and oxygen atoms in total. The molecule has 0 saturated heterocycles. The van der Waals surface area contributed by atoms with Crippen LogP contribution in [0.15, 0.2) is 53.8 Å². The van der Waals surface area contributed by atoms with Gasteiger partial charge in [0, 0.05) is 17.8 Å². The van der Waals surface area contributed by atoms with Gasteiger partial charge in [-0.1, -0.05) is 6.07 Å². The molecule has 1 aliphatic rings. The number of hydrogen-bond donors (Lipinski definition) is 3. The van der Waals surface area contributed by atoms with Gasteiger partial charge < -0.3 is 15.6 Å². The molecule has 33 heavy (non-hydrogen) atoms. The lowest BCUT2D eigenvalue weighted by molar-refractivity contribution is 0.617. The second kappa shape index (κ2) is 7.45. The monoisotopic (exact) mass is 445 g/mol. The molecule has 0 bridgehead atoms. The Morgan fingerprint density at radius 2 is 1.97 bits per heavy atom. The molecule has 3 aromatic heterocycles. The van der Waals surface area contributed by atoms with Crippen molar-refractivity contribution in [2.24, 2.45) is 0 Å². The minimum Gasteiger partial charge on any atom is -0.324 e. The molecule has 0 spiro atoms. The van der Waals surface area contributed by atoms with Crippen molar-refractivity contribution in [3.63, 3.8) is 0 Å². The lowest BCUT2D eigenvalue weighted by Crippen LogP contribution is -2.23. The molecule has 0 atom stereocenters. The van der Waals surface area contributed by atoms with Crippen LogP contribution in [0.2, 0.25) is 0 Å². The zero-order chi connectivity index (χ0) is 22.5. The van der Waals surface area contributed by atoms with E-state index in [0.717, 1.165) is 37.5 Å². The van der Waals surface area contributed by atoms with Crippen LogP contribution in [-0.2, 0) is 13.0 Å². The predicted octanol–water partition coefficient (Wildman–Crippen LogP) is 3.30. The van der Waals surface area contributed by atoms with Crippen molar-refractivity contribution in [3.05, 3.63) is 82.2 Å². The molecule has 6 rings (SSSR count). The summed E-state index contributed by atoms with van der Waals surface area (Å²) >= 11 is 0. The summed E-state index contributed by atoms with van der Waals surface area (Å²) in [7, 11) is 0. The van der Waals surface area contributed by atoms with Crippen molar-refractivity contribution < 1.29 is 8.78 Å². The van der Waals surface area contributed by atoms with Crippen LogP contribution in [0.3, 0.4) is 0 Å². The topological polar surface area (TPSA) is 100 Å². The minimum atomic E-state index is -0.782. The summed E-state index contributed by atoms with van der Waals surface area (Å²) in [6.45, 7) is 1.74. The van der Waals surface area contributed by atoms with Crippen LogP contribution in [0, 0.1) is 11.6 Å². The van der Waals surface area contributed by atoms with Gasteiger partial charge in [-0.2, -0.15) is 0 Å². The molecule has 0 unspecified atom stereocenters. The third kappa shape index (κ3) is 3.31. The van der Waals surface area contributed by atoms with E-state index in [1.54, 1.807) is 0 Å². The summed E-state index contributed by atoms with van der Waals surface area (Å²) < 4.78 is 31.2. The van der Waals surface area contributed by atoms with Crippen molar-refractivity contribution >= 4 is 28.2 Å². The molecule has 5 aromatic rings. The van der Waals surface area contributed by atoms with Crippen LogP contribution in [0.5, 0.6) is 0 Å². The van der Waals surface area contributed by atoms with Gasteiger partial charge >= 0.3 is 0 Å². The number of benzene rings is 2. The summed E-state index contributed by atoms with van der Waals surface area (Å²) in [5, 5.41) is 6.29. The summed E-state index contributed by atoms with van der Waals surface area (Å²) in [5.74, 6) is -1.31. The van der Waals surface area contributed by atoms with E-state index in [0.29, 0.717) is 5.65 Å². The highest BCUT2D eigenvalue weighted by Gasteiger charge is 2.17. The fourth-order valence-corrected chi connectivity index (χ4v) is 4.22. The van der Waals surface area contributed by atoms with Gasteiger partial charge in [0.2, 0.25) is 5.95 Å². The molecule has 0 fully saturated rings.